The van der Waals surface area contributed by atoms with Crippen molar-refractivity contribution in [3.63, 3.8) is 0 Å². The molecule has 1 saturated heterocycles. The number of hydrogen-bond acceptors (Lipinski definition) is 9. The summed E-state index contributed by atoms with van der Waals surface area (Å²) in [5.74, 6) is -0.664. The normalized spacial score (nSPS) is 34.5. The lowest BCUT2D eigenvalue weighted by Crippen LogP contribution is -2.73. The molecule has 1 N–H and O–H groups in total. The summed E-state index contributed by atoms with van der Waals surface area (Å²) in [6.45, 7) is 11.7. The van der Waals surface area contributed by atoms with Gasteiger partial charge in [0.05, 0.1) is 25.7 Å². The number of ether oxygens (including phenoxy) is 3. The molecule has 6 aliphatic rings. The number of H-pyrrole nitrogens is 1. The first-order valence-electron chi connectivity index (χ1n) is 20.1. The summed E-state index contributed by atoms with van der Waals surface area (Å²) in [5.41, 5.74) is 5.29. The molecule has 10 nitrogen and oxygen atoms in total. The number of fused-ring (bicyclic) bond motifs is 6. The Kier molecular flexibility index (Phi) is 8.44. The zero-order valence-electron chi connectivity index (χ0n) is 33.2. The number of nitrogens with one attached hydrogen (secondary N) is 1. The number of carbonyl (C=O) groups excluding carboxylic acids is 3. The van der Waals surface area contributed by atoms with Crippen LogP contribution in [0.5, 0.6) is 5.75 Å². The van der Waals surface area contributed by atoms with Gasteiger partial charge < -0.3 is 24.1 Å². The lowest BCUT2D eigenvalue weighted by atomic mass is 9.49. The van der Waals surface area contributed by atoms with E-state index in [1.54, 1.807) is 14.0 Å². The Morgan fingerprint density at radius 2 is 1.84 bits per heavy atom. The van der Waals surface area contributed by atoms with E-state index in [2.05, 4.69) is 95.2 Å². The van der Waals surface area contributed by atoms with E-state index in [9.17, 15) is 9.59 Å². The molecular formula is C45H54N4O6. The summed E-state index contributed by atoms with van der Waals surface area (Å²) in [6.07, 6.45) is 9.18. The Hall–Kier alpha value is -4.41. The second kappa shape index (κ2) is 12.8. The molecule has 0 amide bonds. The smallest absolute Gasteiger partial charge is 0.314 e. The van der Waals surface area contributed by atoms with Crippen LogP contribution in [-0.4, -0.2) is 98.1 Å². The molecule has 1 saturated carbocycles. The standard InChI is InChI=1S/C45H54N4O6/c1-8-28-19-29-22-45(26(3)50,38-31(25-48(23-28)24-29)30-13-10-11-14-34(30)46-38)33-20-32-35(21-36(33)53-6)47(5)39-37(41(52)54-7)40(55-27(4)51)43(9-2)15-12-17-49-18-16-44(32,39)42(43)49/h10-15,19-21,29,37,39-40,42,46H,8-9,16-18,22-25H2,1-7H3/t29-,37+,39-,40-,42-,43-,44?,45-/m0/s1. The molecule has 2 fully saturated rings. The molecule has 9 rings (SSSR count). The molecule has 5 aliphatic heterocycles. The summed E-state index contributed by atoms with van der Waals surface area (Å²) < 4.78 is 18.3. The maximum absolute atomic E-state index is 15.0. The molecule has 3 aromatic rings. The van der Waals surface area contributed by atoms with Gasteiger partial charge in [-0.25, -0.2) is 0 Å². The van der Waals surface area contributed by atoms with E-state index in [1.165, 1.54) is 25.2 Å². The topological polar surface area (TPSA) is 104 Å². The van der Waals surface area contributed by atoms with Crippen molar-refractivity contribution in [3.05, 3.63) is 82.6 Å². The minimum Gasteiger partial charge on any atom is -0.496 e. The van der Waals surface area contributed by atoms with Gasteiger partial charge in [-0.15, -0.1) is 0 Å². The molecule has 290 valence electrons. The second-order valence-electron chi connectivity index (χ2n) is 17.1. The number of likely N-dealkylation sites (N-methyl/N-ethyl adjacent to an activating group) is 1. The van der Waals surface area contributed by atoms with E-state index in [1.807, 2.05) is 0 Å². The predicted octanol–water partition coefficient (Wildman–Crippen LogP) is 6.05. The van der Waals surface area contributed by atoms with Crippen LogP contribution in [0.1, 0.15) is 75.8 Å². The number of esters is 2. The average Bonchev–Trinajstić information content (AvgIpc) is 3.83. The first-order chi connectivity index (χ1) is 26.5. The minimum atomic E-state index is -1.05. The Morgan fingerprint density at radius 3 is 2.55 bits per heavy atom. The van der Waals surface area contributed by atoms with Gasteiger partial charge in [-0.1, -0.05) is 55.8 Å². The van der Waals surface area contributed by atoms with Crippen LogP contribution in [0.4, 0.5) is 5.69 Å². The average molecular weight is 747 g/mol. The Bertz CT molecular complexity index is 2170. The van der Waals surface area contributed by atoms with Crippen molar-refractivity contribution in [2.24, 2.45) is 17.3 Å². The summed E-state index contributed by atoms with van der Waals surface area (Å²) >= 11 is 0. The van der Waals surface area contributed by atoms with Gasteiger partial charge in [0.2, 0.25) is 0 Å². The highest BCUT2D eigenvalue weighted by Crippen LogP contribution is 2.67. The number of ketones is 1. The number of benzene rings is 2. The Morgan fingerprint density at radius 1 is 1.04 bits per heavy atom. The van der Waals surface area contributed by atoms with E-state index in [0.717, 1.165) is 79.0 Å². The van der Waals surface area contributed by atoms with Gasteiger partial charge in [0.1, 0.15) is 23.6 Å². The van der Waals surface area contributed by atoms with Crippen LogP contribution in [0.15, 0.2) is 60.2 Å². The lowest BCUT2D eigenvalue weighted by Gasteiger charge is -2.61. The van der Waals surface area contributed by atoms with E-state index in [-0.39, 0.29) is 29.8 Å². The monoisotopic (exact) mass is 746 g/mol. The maximum Gasteiger partial charge on any atom is 0.314 e. The van der Waals surface area contributed by atoms with Gasteiger partial charge in [-0.3, -0.25) is 24.2 Å². The molecule has 6 heterocycles. The lowest BCUT2D eigenvalue weighted by molar-refractivity contribution is -0.183. The van der Waals surface area contributed by atoms with Crippen LogP contribution >= 0.6 is 0 Å². The third-order valence-electron chi connectivity index (χ3n) is 14.8. The quantitative estimate of drug-likeness (QED) is 0.229. The fraction of sp³-hybridized carbons (Fsp3) is 0.533. The molecule has 1 aromatic heterocycles. The van der Waals surface area contributed by atoms with Crippen LogP contribution in [-0.2, 0) is 41.2 Å². The number of nitrogens with zero attached hydrogens (tertiary/aromatic N) is 3. The first-order valence-corrected chi connectivity index (χ1v) is 20.1. The predicted molar refractivity (Wildman–Crippen MR) is 211 cm³/mol. The van der Waals surface area contributed by atoms with Crippen molar-refractivity contribution >= 4 is 34.3 Å². The molecule has 2 bridgehead atoms. The number of aromatic amines is 1. The fourth-order valence-corrected chi connectivity index (χ4v) is 12.8. The van der Waals surface area contributed by atoms with Crippen molar-refractivity contribution in [1.82, 2.24) is 14.8 Å². The summed E-state index contributed by atoms with van der Waals surface area (Å²) in [5, 5.41) is 1.14. The molecule has 2 unspecified atom stereocenters. The maximum atomic E-state index is 15.0. The molecule has 1 aliphatic carbocycles. The van der Waals surface area contributed by atoms with Crippen molar-refractivity contribution in [2.75, 3.05) is 52.3 Å². The number of para-hydroxylation sites is 1. The first kappa shape index (κ1) is 36.2. The van der Waals surface area contributed by atoms with Crippen molar-refractivity contribution in [3.8, 4) is 5.75 Å². The van der Waals surface area contributed by atoms with Gasteiger partial charge in [-0.2, -0.15) is 0 Å². The SMILES string of the molecule is CCC1=C[C@@H]2CN(C1)Cc1c([nH]c3ccccc13)[C@@](C(C)=O)(c1cc3c(cc1OC)N(C)[C@H]1[C@@H](C(=O)OC)[C@H](OC(C)=O)[C@]4(CC)C=CCN5CCC31[C@@H]54)C2. The van der Waals surface area contributed by atoms with Crippen molar-refractivity contribution < 1.29 is 28.6 Å². The van der Waals surface area contributed by atoms with Crippen LogP contribution in [0.25, 0.3) is 10.9 Å². The third-order valence-corrected chi connectivity index (χ3v) is 14.8. The highest BCUT2D eigenvalue weighted by atomic mass is 16.6. The molecule has 9 atom stereocenters. The van der Waals surface area contributed by atoms with Crippen LogP contribution in [0.2, 0.25) is 0 Å². The summed E-state index contributed by atoms with van der Waals surface area (Å²) in [4.78, 5) is 53.3. The fourth-order valence-electron chi connectivity index (χ4n) is 12.8. The molecule has 10 heteroatoms. The number of hydrogen-bond donors (Lipinski definition) is 1. The highest BCUT2D eigenvalue weighted by molar-refractivity contribution is 5.97. The molecular weight excluding hydrogens is 693 g/mol. The van der Waals surface area contributed by atoms with E-state index >= 15 is 4.79 Å². The van der Waals surface area contributed by atoms with Gasteiger partial charge in [0, 0.05) is 90.9 Å². The zero-order chi connectivity index (χ0) is 38.6. The zero-order valence-corrected chi connectivity index (χ0v) is 33.2. The molecule has 2 aromatic carbocycles. The highest BCUT2D eigenvalue weighted by Gasteiger charge is 2.75. The summed E-state index contributed by atoms with van der Waals surface area (Å²) in [7, 11) is 5.18. The van der Waals surface area contributed by atoms with Gasteiger partial charge in [0.15, 0.2) is 0 Å². The Labute approximate surface area is 323 Å². The second-order valence-corrected chi connectivity index (χ2v) is 17.1. The molecule has 55 heavy (non-hydrogen) atoms. The van der Waals surface area contributed by atoms with Crippen molar-refractivity contribution in [1.29, 1.82) is 0 Å². The van der Waals surface area contributed by atoms with Crippen LogP contribution < -0.4 is 9.64 Å². The number of rotatable bonds is 7. The number of Topliss-reactive ketones (excluding diaryl/α,β-unsaturated/α-hetero) is 1. The number of methoxy groups -OCH3 is 2. The van der Waals surface area contributed by atoms with Gasteiger partial charge in [-0.05, 0) is 68.3 Å². The minimum absolute atomic E-state index is 0.0635. The van der Waals surface area contributed by atoms with E-state index in [0.29, 0.717) is 18.6 Å². The summed E-state index contributed by atoms with van der Waals surface area (Å²) in [6, 6.07) is 12.4. The Balaban J connectivity index is 1.34. The number of carbonyl (C=O) groups is 3. The van der Waals surface area contributed by atoms with E-state index in [4.69, 9.17) is 14.2 Å². The third kappa shape index (κ3) is 4.76. The van der Waals surface area contributed by atoms with Crippen LogP contribution in [0.3, 0.4) is 0 Å². The van der Waals surface area contributed by atoms with Crippen LogP contribution in [0, 0.1) is 17.3 Å². The number of aromatic nitrogens is 1. The van der Waals surface area contributed by atoms with Gasteiger partial charge in [0.25, 0.3) is 0 Å². The molecule has 0 radical (unpaired) electrons. The van der Waals surface area contributed by atoms with Gasteiger partial charge >= 0.3 is 11.9 Å². The molecule has 1 spiro atoms. The van der Waals surface area contributed by atoms with Crippen molar-refractivity contribution in [2.45, 2.75) is 88.9 Å². The largest absolute Gasteiger partial charge is 0.496 e. The van der Waals surface area contributed by atoms with E-state index < -0.39 is 34.2 Å². The number of anilines is 1.